The first-order valence-electron chi connectivity index (χ1n) is 4.40. The zero-order chi connectivity index (χ0) is 12.3. The van der Waals surface area contributed by atoms with Crippen molar-refractivity contribution >= 4 is 27.5 Å². The predicted molar refractivity (Wildman–Crippen MR) is 64.6 cm³/mol. The summed E-state index contributed by atoms with van der Waals surface area (Å²) in [5.41, 5.74) is 0.724. The van der Waals surface area contributed by atoms with E-state index in [-0.39, 0.29) is 24.0 Å². The fourth-order valence-corrected chi connectivity index (χ4v) is 2.06. The van der Waals surface area contributed by atoms with Gasteiger partial charge in [-0.05, 0) is 28.4 Å². The minimum Gasteiger partial charge on any atom is -0.502 e. The third-order valence-corrected chi connectivity index (χ3v) is 3.42. The highest BCUT2D eigenvalue weighted by Crippen LogP contribution is 2.49. The van der Waals surface area contributed by atoms with Crippen molar-refractivity contribution in [2.45, 2.75) is 6.92 Å². The molecule has 0 bridgehead atoms. The van der Waals surface area contributed by atoms with Gasteiger partial charge in [-0.1, -0.05) is 11.6 Å². The first-order valence-corrected chi connectivity index (χ1v) is 5.57. The highest BCUT2D eigenvalue weighted by molar-refractivity contribution is 9.10. The summed E-state index contributed by atoms with van der Waals surface area (Å²) in [5.74, 6) is 0.288. The van der Waals surface area contributed by atoms with Crippen LogP contribution in [0.2, 0.25) is 5.02 Å². The first kappa shape index (κ1) is 13.4. The van der Waals surface area contributed by atoms with Crippen molar-refractivity contribution in [1.82, 2.24) is 0 Å². The van der Waals surface area contributed by atoms with Gasteiger partial charge in [-0.2, -0.15) is 0 Å². The molecule has 1 N–H and O–H groups in total. The molecule has 0 aromatic heterocycles. The SMILES string of the molecule is COCOc1c(O)c(OC)c(Cl)c(C)c1Br. The van der Waals surface area contributed by atoms with Gasteiger partial charge in [0.15, 0.2) is 18.3 Å². The van der Waals surface area contributed by atoms with Gasteiger partial charge in [0.1, 0.15) is 0 Å². The molecule has 16 heavy (non-hydrogen) atoms. The number of hydrogen-bond acceptors (Lipinski definition) is 4. The normalized spacial score (nSPS) is 10.3. The second-order valence-corrected chi connectivity index (χ2v) is 4.19. The highest BCUT2D eigenvalue weighted by Gasteiger charge is 2.21. The number of benzene rings is 1. The summed E-state index contributed by atoms with van der Waals surface area (Å²) in [5, 5.41) is 10.2. The van der Waals surface area contributed by atoms with Crippen LogP contribution in [0, 0.1) is 6.92 Å². The Morgan fingerprint density at radius 1 is 1.31 bits per heavy atom. The van der Waals surface area contributed by atoms with Gasteiger partial charge in [-0.15, -0.1) is 0 Å². The molecule has 90 valence electrons. The van der Waals surface area contributed by atoms with Crippen molar-refractivity contribution in [2.24, 2.45) is 0 Å². The number of phenolic OH excluding ortho intramolecular Hbond substituents is 1. The van der Waals surface area contributed by atoms with Crippen molar-refractivity contribution in [3.63, 3.8) is 0 Å². The molecular weight excluding hydrogens is 299 g/mol. The van der Waals surface area contributed by atoms with Crippen molar-refractivity contribution in [2.75, 3.05) is 21.0 Å². The fraction of sp³-hybridized carbons (Fsp3) is 0.400. The molecular formula is C10H12BrClO4. The molecule has 0 aliphatic rings. The van der Waals surface area contributed by atoms with E-state index in [2.05, 4.69) is 15.9 Å². The molecule has 6 heteroatoms. The molecule has 0 spiro atoms. The summed E-state index contributed by atoms with van der Waals surface area (Å²) in [6.45, 7) is 1.81. The second kappa shape index (κ2) is 5.61. The third kappa shape index (κ3) is 2.36. The number of halogens is 2. The zero-order valence-electron chi connectivity index (χ0n) is 9.13. The highest BCUT2D eigenvalue weighted by atomic mass is 79.9. The van der Waals surface area contributed by atoms with E-state index in [1.807, 2.05) is 0 Å². The van der Waals surface area contributed by atoms with E-state index in [0.29, 0.717) is 9.50 Å². The van der Waals surface area contributed by atoms with Crippen LogP contribution in [0.25, 0.3) is 0 Å². The number of aromatic hydroxyl groups is 1. The topological polar surface area (TPSA) is 47.9 Å². The minimum atomic E-state index is -0.151. The molecule has 0 aliphatic carbocycles. The molecule has 0 unspecified atom stereocenters. The van der Waals surface area contributed by atoms with Crippen LogP contribution in [0.15, 0.2) is 4.47 Å². The van der Waals surface area contributed by atoms with Crippen LogP contribution >= 0.6 is 27.5 Å². The Morgan fingerprint density at radius 3 is 2.44 bits per heavy atom. The van der Waals surface area contributed by atoms with E-state index in [1.165, 1.54) is 14.2 Å². The summed E-state index contributed by atoms with van der Waals surface area (Å²) in [7, 11) is 2.92. The van der Waals surface area contributed by atoms with Crippen LogP contribution < -0.4 is 9.47 Å². The summed E-state index contributed by atoms with van der Waals surface area (Å²) >= 11 is 9.30. The minimum absolute atomic E-state index is 0.0242. The lowest BCUT2D eigenvalue weighted by Gasteiger charge is -2.15. The second-order valence-electron chi connectivity index (χ2n) is 3.01. The van der Waals surface area contributed by atoms with Gasteiger partial charge in [-0.25, -0.2) is 0 Å². The van der Waals surface area contributed by atoms with E-state index >= 15 is 0 Å². The van der Waals surface area contributed by atoms with Gasteiger partial charge >= 0.3 is 0 Å². The van der Waals surface area contributed by atoms with Gasteiger partial charge in [0.05, 0.1) is 16.6 Å². The van der Waals surface area contributed by atoms with Gasteiger partial charge in [0, 0.05) is 7.11 Å². The Balaban J connectivity index is 3.31. The molecule has 1 aromatic rings. The largest absolute Gasteiger partial charge is 0.502 e. The summed E-state index contributed by atoms with van der Waals surface area (Å²) < 4.78 is 15.6. The number of rotatable bonds is 4. The number of methoxy groups -OCH3 is 2. The lowest BCUT2D eigenvalue weighted by molar-refractivity contribution is 0.0483. The van der Waals surface area contributed by atoms with E-state index in [9.17, 15) is 5.11 Å². The molecule has 0 saturated heterocycles. The quantitative estimate of drug-likeness (QED) is 0.868. The Morgan fingerprint density at radius 2 is 1.94 bits per heavy atom. The van der Waals surface area contributed by atoms with Gasteiger partial charge in [-0.3, -0.25) is 0 Å². The molecule has 0 heterocycles. The predicted octanol–water partition coefficient (Wildman–Crippen LogP) is 3.11. The van der Waals surface area contributed by atoms with Crippen LogP contribution in [-0.2, 0) is 4.74 Å². The van der Waals surface area contributed by atoms with Gasteiger partial charge in [0.25, 0.3) is 0 Å². The van der Waals surface area contributed by atoms with E-state index < -0.39 is 0 Å². The lowest BCUT2D eigenvalue weighted by Crippen LogP contribution is -2.02. The van der Waals surface area contributed by atoms with Crippen LogP contribution in [0.4, 0.5) is 0 Å². The van der Waals surface area contributed by atoms with Crippen molar-refractivity contribution in [1.29, 1.82) is 0 Å². The standard InChI is InChI=1S/C10H12BrClO4/c1-5-6(11)9(16-4-14-2)8(13)10(15-3)7(5)12/h13H,4H2,1-3H3. The Labute approximate surface area is 107 Å². The summed E-state index contributed by atoms with van der Waals surface area (Å²) in [6, 6.07) is 0. The van der Waals surface area contributed by atoms with Gasteiger partial charge in [0.2, 0.25) is 5.75 Å². The molecule has 0 amide bonds. The number of phenols is 1. The molecule has 0 radical (unpaired) electrons. The van der Waals surface area contributed by atoms with Crippen LogP contribution in [0.5, 0.6) is 17.2 Å². The Kier molecular flexibility index (Phi) is 4.70. The smallest absolute Gasteiger partial charge is 0.203 e. The summed E-state index contributed by atoms with van der Waals surface area (Å²) in [4.78, 5) is 0. The van der Waals surface area contributed by atoms with Crippen molar-refractivity contribution in [3.05, 3.63) is 15.1 Å². The molecule has 1 rings (SSSR count). The lowest BCUT2D eigenvalue weighted by atomic mass is 10.2. The maximum Gasteiger partial charge on any atom is 0.203 e. The van der Waals surface area contributed by atoms with Gasteiger partial charge < -0.3 is 19.3 Å². The third-order valence-electron chi connectivity index (χ3n) is 2.01. The summed E-state index contributed by atoms with van der Waals surface area (Å²) in [6.07, 6.45) is 0. The molecule has 0 fully saturated rings. The molecule has 1 aromatic carbocycles. The number of ether oxygens (including phenoxy) is 3. The first-order chi connectivity index (χ1) is 7.54. The van der Waals surface area contributed by atoms with Crippen LogP contribution in [0.3, 0.4) is 0 Å². The van der Waals surface area contributed by atoms with Crippen molar-refractivity contribution in [3.8, 4) is 17.2 Å². The van der Waals surface area contributed by atoms with Crippen LogP contribution in [0.1, 0.15) is 5.56 Å². The fourth-order valence-electron chi connectivity index (χ4n) is 1.18. The Bertz CT molecular complexity index is 395. The van der Waals surface area contributed by atoms with Crippen molar-refractivity contribution < 1.29 is 19.3 Å². The molecule has 0 saturated carbocycles. The monoisotopic (exact) mass is 310 g/mol. The molecule has 0 aliphatic heterocycles. The van der Waals surface area contributed by atoms with Crippen LogP contribution in [-0.4, -0.2) is 26.1 Å². The maximum absolute atomic E-state index is 9.88. The Hall–Kier alpha value is -0.650. The zero-order valence-corrected chi connectivity index (χ0v) is 11.5. The molecule has 4 nitrogen and oxygen atoms in total. The average molecular weight is 312 g/mol. The molecule has 0 atom stereocenters. The average Bonchev–Trinajstić information content (AvgIpc) is 2.27. The van der Waals surface area contributed by atoms with E-state index in [4.69, 9.17) is 25.8 Å². The van der Waals surface area contributed by atoms with E-state index in [0.717, 1.165) is 5.56 Å². The van der Waals surface area contributed by atoms with E-state index in [1.54, 1.807) is 6.92 Å². The maximum atomic E-state index is 9.88. The number of hydrogen-bond donors (Lipinski definition) is 1.